The highest BCUT2D eigenvalue weighted by Crippen LogP contribution is 2.14. The van der Waals surface area contributed by atoms with Gasteiger partial charge in [0.05, 0.1) is 0 Å². The molecule has 1 aromatic rings. The summed E-state index contributed by atoms with van der Waals surface area (Å²) in [6.45, 7) is 3.99. The molecule has 0 aliphatic carbocycles. The molecule has 0 aliphatic rings. The second-order valence-electron chi connectivity index (χ2n) is 3.29. The van der Waals surface area contributed by atoms with Gasteiger partial charge in [-0.1, -0.05) is 6.92 Å². The lowest BCUT2D eigenvalue weighted by Gasteiger charge is -2.08. The minimum atomic E-state index is -0.100. The number of hydrogen-bond acceptors (Lipinski definition) is 2. The molecule has 4 heteroatoms. The van der Waals surface area contributed by atoms with Gasteiger partial charge in [0.15, 0.2) is 4.67 Å². The Bertz CT molecular complexity index is 357. The maximum Gasteiger partial charge on any atom is 0.244 e. The first-order valence-corrected chi connectivity index (χ1v) is 5.65. The van der Waals surface area contributed by atoms with Gasteiger partial charge in [0.25, 0.3) is 0 Å². The van der Waals surface area contributed by atoms with Crippen LogP contribution in [0.5, 0.6) is 0 Å². The third kappa shape index (κ3) is 4.34. The van der Waals surface area contributed by atoms with E-state index >= 15 is 0 Å². The number of hydrogen-bond donors (Lipinski definition) is 1. The van der Waals surface area contributed by atoms with Crippen molar-refractivity contribution in [2.45, 2.75) is 26.3 Å². The molecule has 0 spiro atoms. The monoisotopic (exact) mass is 271 g/mol. The molecule has 1 aromatic heterocycles. The van der Waals surface area contributed by atoms with Gasteiger partial charge in [-0.2, -0.15) is 0 Å². The standard InChI is InChI=1S/C11H14BrNO2/c1-3-8(2)13-11(14)7-5-9-4-6-10(12)15-9/h4-8H,3H2,1-2H3,(H,13,14). The van der Waals surface area contributed by atoms with Crippen LogP contribution in [0.3, 0.4) is 0 Å². The molecule has 1 amide bonds. The number of carbonyl (C=O) groups is 1. The van der Waals surface area contributed by atoms with Gasteiger partial charge < -0.3 is 9.73 Å². The van der Waals surface area contributed by atoms with E-state index in [0.29, 0.717) is 10.4 Å². The topological polar surface area (TPSA) is 42.2 Å². The van der Waals surface area contributed by atoms with Gasteiger partial charge >= 0.3 is 0 Å². The second-order valence-corrected chi connectivity index (χ2v) is 4.07. The van der Waals surface area contributed by atoms with Gasteiger partial charge in [-0.25, -0.2) is 0 Å². The van der Waals surface area contributed by atoms with Crippen molar-refractivity contribution >= 4 is 27.9 Å². The second kappa shape index (κ2) is 5.75. The molecule has 0 fully saturated rings. The summed E-state index contributed by atoms with van der Waals surface area (Å²) >= 11 is 3.19. The van der Waals surface area contributed by atoms with Crippen LogP contribution >= 0.6 is 15.9 Å². The van der Waals surface area contributed by atoms with Crippen LogP contribution in [0.1, 0.15) is 26.0 Å². The van der Waals surface area contributed by atoms with Gasteiger partial charge in [0, 0.05) is 12.1 Å². The maximum atomic E-state index is 11.3. The van der Waals surface area contributed by atoms with Gasteiger partial charge in [0.1, 0.15) is 5.76 Å². The van der Waals surface area contributed by atoms with Crippen LogP contribution < -0.4 is 5.32 Å². The number of nitrogens with one attached hydrogen (secondary N) is 1. The van der Waals surface area contributed by atoms with Crippen molar-refractivity contribution in [1.82, 2.24) is 5.32 Å². The number of furan rings is 1. The highest BCUT2D eigenvalue weighted by molar-refractivity contribution is 9.10. The van der Waals surface area contributed by atoms with Gasteiger partial charge in [-0.05, 0) is 47.5 Å². The lowest BCUT2D eigenvalue weighted by Crippen LogP contribution is -2.30. The SMILES string of the molecule is CCC(C)NC(=O)C=Cc1ccc(Br)o1. The van der Waals surface area contributed by atoms with Crippen molar-refractivity contribution in [1.29, 1.82) is 0 Å². The number of halogens is 1. The summed E-state index contributed by atoms with van der Waals surface area (Å²) in [6, 6.07) is 3.77. The van der Waals surface area contributed by atoms with Crippen molar-refractivity contribution < 1.29 is 9.21 Å². The minimum absolute atomic E-state index is 0.100. The zero-order valence-corrected chi connectivity index (χ0v) is 10.4. The fourth-order valence-electron chi connectivity index (χ4n) is 0.969. The van der Waals surface area contributed by atoms with E-state index in [-0.39, 0.29) is 11.9 Å². The number of carbonyl (C=O) groups excluding carboxylic acids is 1. The van der Waals surface area contributed by atoms with E-state index in [9.17, 15) is 4.79 Å². The van der Waals surface area contributed by atoms with Crippen molar-refractivity contribution in [3.63, 3.8) is 0 Å². The summed E-state index contributed by atoms with van der Waals surface area (Å²) in [5.41, 5.74) is 0. The summed E-state index contributed by atoms with van der Waals surface area (Å²) in [4.78, 5) is 11.3. The smallest absolute Gasteiger partial charge is 0.244 e. The van der Waals surface area contributed by atoms with Crippen molar-refractivity contribution in [2.24, 2.45) is 0 Å². The molecule has 15 heavy (non-hydrogen) atoms. The molecule has 3 nitrogen and oxygen atoms in total. The number of amides is 1. The Hall–Kier alpha value is -1.03. The fourth-order valence-corrected chi connectivity index (χ4v) is 1.29. The summed E-state index contributed by atoms with van der Waals surface area (Å²) in [6.07, 6.45) is 4.03. The Morgan fingerprint density at radius 1 is 1.67 bits per heavy atom. The van der Waals surface area contributed by atoms with E-state index in [4.69, 9.17) is 4.42 Å². The third-order valence-corrected chi connectivity index (χ3v) is 2.42. The van der Waals surface area contributed by atoms with E-state index in [1.54, 1.807) is 18.2 Å². The summed E-state index contributed by atoms with van der Waals surface area (Å²) < 4.78 is 5.87. The minimum Gasteiger partial charge on any atom is -0.450 e. The van der Waals surface area contributed by atoms with E-state index in [0.717, 1.165) is 6.42 Å². The predicted molar refractivity (Wildman–Crippen MR) is 63.3 cm³/mol. The van der Waals surface area contributed by atoms with Gasteiger partial charge in [-0.15, -0.1) is 0 Å². The summed E-state index contributed by atoms with van der Waals surface area (Å²) in [7, 11) is 0. The highest BCUT2D eigenvalue weighted by Gasteiger charge is 2.01. The quantitative estimate of drug-likeness (QED) is 0.856. The molecule has 0 bridgehead atoms. The molecule has 0 aromatic carbocycles. The van der Waals surface area contributed by atoms with Crippen LogP contribution in [0.4, 0.5) is 0 Å². The molecular weight excluding hydrogens is 258 g/mol. The Kier molecular flexibility index (Phi) is 4.62. The van der Waals surface area contributed by atoms with Crippen molar-refractivity contribution in [3.8, 4) is 0 Å². The molecule has 1 heterocycles. The molecule has 0 saturated heterocycles. The first kappa shape index (κ1) is 12.0. The third-order valence-electron chi connectivity index (χ3n) is 1.99. The zero-order chi connectivity index (χ0) is 11.3. The van der Waals surface area contributed by atoms with Crippen LogP contribution in [-0.2, 0) is 4.79 Å². The zero-order valence-electron chi connectivity index (χ0n) is 8.79. The van der Waals surface area contributed by atoms with Gasteiger partial charge in [0.2, 0.25) is 5.91 Å². The molecular formula is C11H14BrNO2. The Morgan fingerprint density at radius 3 is 2.93 bits per heavy atom. The molecule has 0 aliphatic heterocycles. The molecule has 1 unspecified atom stereocenters. The van der Waals surface area contributed by atoms with E-state index in [1.165, 1.54) is 6.08 Å². The molecule has 0 saturated carbocycles. The Morgan fingerprint density at radius 2 is 2.40 bits per heavy atom. The predicted octanol–water partition coefficient (Wildman–Crippen LogP) is 2.97. The van der Waals surface area contributed by atoms with E-state index in [2.05, 4.69) is 21.2 Å². The van der Waals surface area contributed by atoms with Crippen LogP contribution in [0.15, 0.2) is 27.3 Å². The molecule has 1 rings (SSSR count). The molecule has 82 valence electrons. The maximum absolute atomic E-state index is 11.3. The lowest BCUT2D eigenvalue weighted by atomic mass is 10.2. The Balaban J connectivity index is 2.47. The van der Waals surface area contributed by atoms with Crippen LogP contribution in [0, 0.1) is 0 Å². The van der Waals surface area contributed by atoms with E-state index in [1.807, 2.05) is 13.8 Å². The first-order valence-electron chi connectivity index (χ1n) is 4.85. The molecule has 0 radical (unpaired) electrons. The lowest BCUT2D eigenvalue weighted by molar-refractivity contribution is -0.117. The molecule has 1 N–H and O–H groups in total. The first-order chi connectivity index (χ1) is 7.11. The van der Waals surface area contributed by atoms with Crippen LogP contribution in [0.2, 0.25) is 0 Å². The average Bonchev–Trinajstić information content (AvgIpc) is 2.61. The highest BCUT2D eigenvalue weighted by atomic mass is 79.9. The van der Waals surface area contributed by atoms with Crippen molar-refractivity contribution in [3.05, 3.63) is 28.6 Å². The van der Waals surface area contributed by atoms with E-state index < -0.39 is 0 Å². The van der Waals surface area contributed by atoms with Crippen LogP contribution in [0.25, 0.3) is 6.08 Å². The van der Waals surface area contributed by atoms with Crippen molar-refractivity contribution in [2.75, 3.05) is 0 Å². The average molecular weight is 272 g/mol. The largest absolute Gasteiger partial charge is 0.450 e. The van der Waals surface area contributed by atoms with Gasteiger partial charge in [-0.3, -0.25) is 4.79 Å². The van der Waals surface area contributed by atoms with Crippen LogP contribution in [-0.4, -0.2) is 11.9 Å². The normalized spacial score (nSPS) is 13.0. The Labute approximate surface area is 97.7 Å². The number of rotatable bonds is 4. The molecule has 1 atom stereocenters. The fraction of sp³-hybridized carbons (Fsp3) is 0.364. The summed E-state index contributed by atoms with van der Waals surface area (Å²) in [5.74, 6) is 0.554. The summed E-state index contributed by atoms with van der Waals surface area (Å²) in [5, 5.41) is 2.83.